The number of amides is 1. The lowest BCUT2D eigenvalue weighted by Gasteiger charge is -2.10. The summed E-state index contributed by atoms with van der Waals surface area (Å²) in [6.45, 7) is 1.25. The van der Waals surface area contributed by atoms with Gasteiger partial charge in [0.15, 0.2) is 11.5 Å². The Hall–Kier alpha value is -2.21. The van der Waals surface area contributed by atoms with Crippen molar-refractivity contribution in [1.29, 1.82) is 0 Å². The van der Waals surface area contributed by atoms with Crippen LogP contribution in [-0.4, -0.2) is 24.9 Å². The van der Waals surface area contributed by atoms with Crippen molar-refractivity contribution in [3.8, 4) is 11.5 Å². The number of hydrogen-bond acceptors (Lipinski definition) is 4. The fourth-order valence-corrected chi connectivity index (χ4v) is 3.11. The Kier molecular flexibility index (Phi) is 5.59. The molecule has 4 nitrogen and oxygen atoms in total. The summed E-state index contributed by atoms with van der Waals surface area (Å²) in [7, 11) is 0. The number of nitrogens with one attached hydrogen (secondary N) is 1. The van der Waals surface area contributed by atoms with Gasteiger partial charge in [0, 0.05) is 35.2 Å². The van der Waals surface area contributed by atoms with Gasteiger partial charge >= 0.3 is 0 Å². The fraction of sp³-hybridized carbons (Fsp3) is 0.278. The van der Waals surface area contributed by atoms with Gasteiger partial charge in [-0.3, -0.25) is 4.79 Å². The second-order valence-electron chi connectivity index (χ2n) is 5.31. The Labute approximate surface area is 144 Å². The number of thioether (sulfide) groups is 1. The van der Waals surface area contributed by atoms with Gasteiger partial charge in [0.05, 0.1) is 13.2 Å². The highest BCUT2D eigenvalue weighted by Crippen LogP contribution is 2.32. The molecule has 0 unspecified atom stereocenters. The Morgan fingerprint density at radius 1 is 1.08 bits per heavy atom. The smallest absolute Gasteiger partial charge is 0.225 e. The largest absolute Gasteiger partial charge is 0.490 e. The van der Waals surface area contributed by atoms with Gasteiger partial charge in [-0.15, -0.1) is 11.8 Å². The van der Waals surface area contributed by atoms with Gasteiger partial charge < -0.3 is 14.8 Å². The molecule has 0 aliphatic carbocycles. The van der Waals surface area contributed by atoms with Crippen LogP contribution in [0, 0.1) is 5.82 Å². The van der Waals surface area contributed by atoms with Crippen LogP contribution < -0.4 is 14.8 Å². The maximum absolute atomic E-state index is 12.8. The first-order valence-electron chi connectivity index (χ1n) is 7.78. The molecule has 0 saturated heterocycles. The van der Waals surface area contributed by atoms with Crippen molar-refractivity contribution in [1.82, 2.24) is 0 Å². The second-order valence-corrected chi connectivity index (χ2v) is 6.48. The second kappa shape index (κ2) is 8.06. The molecule has 1 N–H and O–H groups in total. The molecule has 0 saturated carbocycles. The monoisotopic (exact) mass is 347 g/mol. The molecule has 126 valence electrons. The molecule has 1 aliphatic rings. The van der Waals surface area contributed by atoms with E-state index in [0.717, 1.165) is 11.3 Å². The third-order valence-corrected chi connectivity index (χ3v) is 4.46. The minimum absolute atomic E-state index is 0.0703. The molecular weight excluding hydrogens is 329 g/mol. The van der Waals surface area contributed by atoms with Crippen LogP contribution in [-0.2, 0) is 4.79 Å². The van der Waals surface area contributed by atoms with Crippen LogP contribution >= 0.6 is 11.8 Å². The highest BCUT2D eigenvalue weighted by molar-refractivity contribution is 7.99. The molecule has 0 aromatic heterocycles. The van der Waals surface area contributed by atoms with Crippen LogP contribution in [0.4, 0.5) is 10.1 Å². The van der Waals surface area contributed by atoms with Crippen LogP contribution in [0.1, 0.15) is 12.8 Å². The van der Waals surface area contributed by atoms with E-state index in [1.807, 2.05) is 6.07 Å². The van der Waals surface area contributed by atoms with E-state index in [9.17, 15) is 9.18 Å². The minimum Gasteiger partial charge on any atom is -0.490 e. The van der Waals surface area contributed by atoms with E-state index in [1.54, 1.807) is 24.3 Å². The zero-order chi connectivity index (χ0) is 16.8. The summed E-state index contributed by atoms with van der Waals surface area (Å²) in [5, 5.41) is 2.86. The van der Waals surface area contributed by atoms with Gasteiger partial charge in [-0.05, 0) is 36.4 Å². The van der Waals surface area contributed by atoms with E-state index < -0.39 is 0 Å². The number of hydrogen-bond donors (Lipinski definition) is 1. The molecule has 1 aliphatic heterocycles. The summed E-state index contributed by atoms with van der Waals surface area (Å²) >= 11 is 1.52. The van der Waals surface area contributed by atoms with Crippen molar-refractivity contribution in [3.63, 3.8) is 0 Å². The number of fused-ring (bicyclic) bond motifs is 1. The third-order valence-electron chi connectivity index (χ3n) is 3.44. The summed E-state index contributed by atoms with van der Waals surface area (Å²) < 4.78 is 24.0. The van der Waals surface area contributed by atoms with E-state index in [2.05, 4.69) is 5.32 Å². The normalized spacial score (nSPS) is 13.2. The van der Waals surface area contributed by atoms with Crippen LogP contribution in [0.5, 0.6) is 11.5 Å². The molecule has 6 heteroatoms. The van der Waals surface area contributed by atoms with Crippen molar-refractivity contribution in [3.05, 3.63) is 48.3 Å². The van der Waals surface area contributed by atoms with Gasteiger partial charge in [0.25, 0.3) is 0 Å². The quantitative estimate of drug-likeness (QED) is 0.827. The van der Waals surface area contributed by atoms with Crippen LogP contribution in [0.15, 0.2) is 47.4 Å². The van der Waals surface area contributed by atoms with Crippen LogP contribution in [0.25, 0.3) is 0 Å². The molecule has 1 heterocycles. The molecule has 2 aromatic rings. The summed E-state index contributed by atoms with van der Waals surface area (Å²) in [4.78, 5) is 13.0. The molecular formula is C18H18FNO3S. The van der Waals surface area contributed by atoms with Crippen LogP contribution in [0.2, 0.25) is 0 Å². The summed E-state index contributed by atoms with van der Waals surface area (Å²) in [6, 6.07) is 11.7. The lowest BCUT2D eigenvalue weighted by Crippen LogP contribution is -2.12. The van der Waals surface area contributed by atoms with Crippen LogP contribution in [0.3, 0.4) is 0 Å². The molecule has 24 heavy (non-hydrogen) atoms. The molecule has 0 atom stereocenters. The molecule has 0 spiro atoms. The van der Waals surface area contributed by atoms with Gasteiger partial charge in [-0.2, -0.15) is 0 Å². The highest BCUT2D eigenvalue weighted by atomic mass is 32.2. The highest BCUT2D eigenvalue weighted by Gasteiger charge is 2.11. The standard InChI is InChI=1S/C18H18FNO3S/c19-13-2-5-15(6-3-13)24-11-8-18(21)20-14-4-7-16-17(12-14)23-10-1-9-22-16/h2-7,12H,1,8-11H2,(H,20,21). The Morgan fingerprint density at radius 2 is 1.83 bits per heavy atom. The van der Waals surface area contributed by atoms with Crippen molar-refractivity contribution < 1.29 is 18.7 Å². The van der Waals surface area contributed by atoms with Gasteiger partial charge in [0.1, 0.15) is 5.82 Å². The number of ether oxygens (including phenoxy) is 2. The van der Waals surface area contributed by atoms with Crippen molar-refractivity contribution in [2.24, 2.45) is 0 Å². The lowest BCUT2D eigenvalue weighted by atomic mass is 10.2. The zero-order valence-corrected chi connectivity index (χ0v) is 13.9. The molecule has 2 aromatic carbocycles. The molecule has 3 rings (SSSR count). The Bertz CT molecular complexity index is 706. The number of carbonyl (C=O) groups excluding carboxylic acids is 1. The summed E-state index contributed by atoms with van der Waals surface area (Å²) in [5.41, 5.74) is 0.691. The number of carbonyl (C=O) groups is 1. The fourth-order valence-electron chi connectivity index (χ4n) is 2.26. The Morgan fingerprint density at radius 3 is 2.62 bits per heavy atom. The van der Waals surface area contributed by atoms with Gasteiger partial charge in [-0.25, -0.2) is 4.39 Å². The topological polar surface area (TPSA) is 47.6 Å². The Balaban J connectivity index is 1.49. The van der Waals surface area contributed by atoms with Gasteiger partial charge in [0.2, 0.25) is 5.91 Å². The van der Waals surface area contributed by atoms with E-state index in [-0.39, 0.29) is 11.7 Å². The van der Waals surface area contributed by atoms with Crippen molar-refractivity contribution >= 4 is 23.4 Å². The first-order valence-corrected chi connectivity index (χ1v) is 8.77. The number of halogens is 1. The van der Waals surface area contributed by atoms with E-state index in [4.69, 9.17) is 9.47 Å². The first kappa shape index (κ1) is 16.6. The molecule has 1 amide bonds. The number of benzene rings is 2. The third kappa shape index (κ3) is 4.64. The predicted molar refractivity (Wildman–Crippen MR) is 92.4 cm³/mol. The maximum Gasteiger partial charge on any atom is 0.225 e. The number of anilines is 1. The summed E-state index contributed by atoms with van der Waals surface area (Å²) in [6.07, 6.45) is 1.22. The SMILES string of the molecule is O=C(CCSc1ccc(F)cc1)Nc1ccc2c(c1)OCCCO2. The predicted octanol–water partition coefficient (Wildman–Crippen LogP) is 4.11. The first-order chi connectivity index (χ1) is 11.7. The molecule has 0 bridgehead atoms. The number of rotatable bonds is 5. The van der Waals surface area contributed by atoms with Crippen molar-refractivity contribution in [2.75, 3.05) is 24.3 Å². The lowest BCUT2D eigenvalue weighted by molar-refractivity contribution is -0.115. The molecule has 0 radical (unpaired) electrons. The molecule has 0 fully saturated rings. The van der Waals surface area contributed by atoms with Gasteiger partial charge in [-0.1, -0.05) is 0 Å². The van der Waals surface area contributed by atoms with E-state index >= 15 is 0 Å². The maximum atomic E-state index is 12.8. The van der Waals surface area contributed by atoms with E-state index in [1.165, 1.54) is 23.9 Å². The average Bonchev–Trinajstić information content (AvgIpc) is 2.81. The van der Waals surface area contributed by atoms with Crippen molar-refractivity contribution in [2.45, 2.75) is 17.7 Å². The summed E-state index contributed by atoms with van der Waals surface area (Å²) in [5.74, 6) is 1.66. The minimum atomic E-state index is -0.258. The average molecular weight is 347 g/mol. The zero-order valence-electron chi connectivity index (χ0n) is 13.1. The van der Waals surface area contributed by atoms with E-state index in [0.29, 0.717) is 42.6 Å².